The van der Waals surface area contributed by atoms with Crippen molar-refractivity contribution in [1.82, 2.24) is 4.98 Å². The second-order valence-corrected chi connectivity index (χ2v) is 3.14. The molecule has 1 rings (SSSR count). The van der Waals surface area contributed by atoms with Crippen LogP contribution in [0.3, 0.4) is 0 Å². The zero-order valence-electron chi connectivity index (χ0n) is 8.66. The highest BCUT2D eigenvalue weighted by Gasteiger charge is 2.04. The van der Waals surface area contributed by atoms with E-state index in [4.69, 9.17) is 10.5 Å². The fourth-order valence-corrected chi connectivity index (χ4v) is 1.14. The summed E-state index contributed by atoms with van der Waals surface area (Å²) in [4.78, 5) is 3.99. The Kier molecular flexibility index (Phi) is 4.19. The minimum absolute atomic E-state index is 0.237. The zero-order valence-corrected chi connectivity index (χ0v) is 8.66. The first kappa shape index (κ1) is 10.8. The quantitative estimate of drug-likeness (QED) is 0.747. The lowest BCUT2D eigenvalue weighted by Crippen LogP contribution is -2.22. The standard InChI is InChI=1S/C10H17N3O/c1-3-14-7-8(2)13-9-5-4-6-12-10(9)11/h4-6,8,13H,3,7H2,1-2H3,(H2,11,12). The van der Waals surface area contributed by atoms with Gasteiger partial charge in [-0.1, -0.05) is 0 Å². The lowest BCUT2D eigenvalue weighted by atomic mass is 10.3. The number of nitrogen functional groups attached to an aromatic ring is 1. The maximum Gasteiger partial charge on any atom is 0.146 e. The third-order valence-electron chi connectivity index (χ3n) is 1.81. The molecule has 0 bridgehead atoms. The van der Waals surface area contributed by atoms with Gasteiger partial charge in [0.05, 0.1) is 12.3 Å². The van der Waals surface area contributed by atoms with Crippen molar-refractivity contribution < 1.29 is 4.74 Å². The molecular weight excluding hydrogens is 178 g/mol. The number of rotatable bonds is 5. The minimum Gasteiger partial charge on any atom is -0.382 e. The molecule has 0 saturated carbocycles. The molecule has 4 nitrogen and oxygen atoms in total. The Hall–Kier alpha value is -1.29. The van der Waals surface area contributed by atoms with Crippen LogP contribution < -0.4 is 11.1 Å². The number of nitrogens with one attached hydrogen (secondary N) is 1. The highest BCUT2D eigenvalue weighted by molar-refractivity contribution is 5.61. The van der Waals surface area contributed by atoms with Crippen LogP contribution >= 0.6 is 0 Å². The minimum atomic E-state index is 0.237. The van der Waals surface area contributed by atoms with Crippen LogP contribution in [-0.4, -0.2) is 24.2 Å². The van der Waals surface area contributed by atoms with Crippen molar-refractivity contribution in [3.8, 4) is 0 Å². The summed E-state index contributed by atoms with van der Waals surface area (Å²) in [5, 5.41) is 3.23. The Morgan fingerprint density at radius 2 is 2.43 bits per heavy atom. The number of hydrogen-bond acceptors (Lipinski definition) is 4. The SMILES string of the molecule is CCOCC(C)Nc1cccnc1N. The molecule has 1 aromatic heterocycles. The molecule has 0 aliphatic carbocycles. The normalized spacial score (nSPS) is 12.4. The molecule has 0 radical (unpaired) electrons. The number of anilines is 2. The van der Waals surface area contributed by atoms with E-state index in [9.17, 15) is 0 Å². The monoisotopic (exact) mass is 195 g/mol. The lowest BCUT2D eigenvalue weighted by Gasteiger charge is -2.15. The van der Waals surface area contributed by atoms with Gasteiger partial charge in [0, 0.05) is 18.8 Å². The van der Waals surface area contributed by atoms with E-state index in [1.807, 2.05) is 26.0 Å². The van der Waals surface area contributed by atoms with E-state index in [-0.39, 0.29) is 6.04 Å². The van der Waals surface area contributed by atoms with Crippen LogP contribution in [-0.2, 0) is 4.74 Å². The van der Waals surface area contributed by atoms with Crippen LogP contribution in [0.15, 0.2) is 18.3 Å². The van der Waals surface area contributed by atoms with E-state index < -0.39 is 0 Å². The number of hydrogen-bond donors (Lipinski definition) is 2. The molecule has 0 amide bonds. The molecular formula is C10H17N3O. The Balaban J connectivity index is 2.47. The zero-order chi connectivity index (χ0) is 10.4. The molecule has 0 spiro atoms. The van der Waals surface area contributed by atoms with E-state index in [1.54, 1.807) is 6.20 Å². The predicted molar refractivity (Wildman–Crippen MR) is 58.2 cm³/mol. The van der Waals surface area contributed by atoms with Crippen molar-refractivity contribution in [2.45, 2.75) is 19.9 Å². The van der Waals surface area contributed by atoms with Crippen molar-refractivity contribution in [1.29, 1.82) is 0 Å². The molecule has 14 heavy (non-hydrogen) atoms. The average molecular weight is 195 g/mol. The van der Waals surface area contributed by atoms with E-state index in [0.717, 1.165) is 12.3 Å². The summed E-state index contributed by atoms with van der Waals surface area (Å²) in [6, 6.07) is 4.00. The summed E-state index contributed by atoms with van der Waals surface area (Å²) in [7, 11) is 0. The summed E-state index contributed by atoms with van der Waals surface area (Å²) >= 11 is 0. The number of nitrogens with zero attached hydrogens (tertiary/aromatic N) is 1. The van der Waals surface area contributed by atoms with Gasteiger partial charge in [0.25, 0.3) is 0 Å². The topological polar surface area (TPSA) is 60.2 Å². The Morgan fingerprint density at radius 3 is 3.07 bits per heavy atom. The van der Waals surface area contributed by atoms with Gasteiger partial charge in [-0.15, -0.1) is 0 Å². The molecule has 4 heteroatoms. The van der Waals surface area contributed by atoms with Gasteiger partial charge in [-0.25, -0.2) is 4.98 Å². The van der Waals surface area contributed by atoms with Crippen molar-refractivity contribution in [2.24, 2.45) is 0 Å². The molecule has 1 atom stereocenters. The highest BCUT2D eigenvalue weighted by atomic mass is 16.5. The van der Waals surface area contributed by atoms with Gasteiger partial charge in [-0.3, -0.25) is 0 Å². The maximum atomic E-state index is 5.68. The Labute approximate surface area is 84.5 Å². The molecule has 0 aliphatic rings. The van der Waals surface area contributed by atoms with Crippen LogP contribution in [0.4, 0.5) is 11.5 Å². The second-order valence-electron chi connectivity index (χ2n) is 3.14. The van der Waals surface area contributed by atoms with Gasteiger partial charge in [0.2, 0.25) is 0 Å². The van der Waals surface area contributed by atoms with E-state index in [2.05, 4.69) is 10.3 Å². The van der Waals surface area contributed by atoms with Crippen LogP contribution in [0, 0.1) is 0 Å². The number of aromatic nitrogens is 1. The summed E-state index contributed by atoms with van der Waals surface area (Å²) in [6.45, 7) is 5.42. The smallest absolute Gasteiger partial charge is 0.146 e. The first-order valence-electron chi connectivity index (χ1n) is 4.78. The van der Waals surface area contributed by atoms with Crippen molar-refractivity contribution >= 4 is 11.5 Å². The third-order valence-corrected chi connectivity index (χ3v) is 1.81. The number of ether oxygens (including phenoxy) is 1. The van der Waals surface area contributed by atoms with Crippen molar-refractivity contribution in [3.63, 3.8) is 0 Å². The van der Waals surface area contributed by atoms with E-state index in [1.165, 1.54) is 0 Å². The van der Waals surface area contributed by atoms with Gasteiger partial charge >= 0.3 is 0 Å². The van der Waals surface area contributed by atoms with Crippen LogP contribution in [0.5, 0.6) is 0 Å². The second kappa shape index (κ2) is 5.44. The molecule has 78 valence electrons. The Morgan fingerprint density at radius 1 is 1.64 bits per heavy atom. The number of nitrogens with two attached hydrogens (primary N) is 1. The van der Waals surface area contributed by atoms with E-state index >= 15 is 0 Å². The average Bonchev–Trinajstić information content (AvgIpc) is 2.18. The molecule has 3 N–H and O–H groups in total. The molecule has 0 aromatic carbocycles. The first-order valence-corrected chi connectivity index (χ1v) is 4.78. The van der Waals surface area contributed by atoms with Gasteiger partial charge in [0.15, 0.2) is 0 Å². The summed E-state index contributed by atoms with van der Waals surface area (Å²) < 4.78 is 5.28. The first-order chi connectivity index (χ1) is 6.74. The fraction of sp³-hybridized carbons (Fsp3) is 0.500. The number of pyridine rings is 1. The molecule has 1 aromatic rings. The summed E-state index contributed by atoms with van der Waals surface area (Å²) in [5.41, 5.74) is 6.54. The fourth-order valence-electron chi connectivity index (χ4n) is 1.14. The summed E-state index contributed by atoms with van der Waals surface area (Å²) in [6.07, 6.45) is 1.67. The molecule has 0 aliphatic heterocycles. The van der Waals surface area contributed by atoms with Crippen LogP contribution in [0.25, 0.3) is 0 Å². The summed E-state index contributed by atoms with van der Waals surface area (Å²) in [5.74, 6) is 0.524. The van der Waals surface area contributed by atoms with Gasteiger partial charge in [-0.2, -0.15) is 0 Å². The largest absolute Gasteiger partial charge is 0.382 e. The maximum absolute atomic E-state index is 5.68. The Bertz CT molecular complexity index is 278. The van der Waals surface area contributed by atoms with Gasteiger partial charge in [0.1, 0.15) is 5.82 Å². The molecule has 0 saturated heterocycles. The predicted octanol–water partition coefficient (Wildman–Crippen LogP) is 1.50. The van der Waals surface area contributed by atoms with E-state index in [0.29, 0.717) is 12.4 Å². The lowest BCUT2D eigenvalue weighted by molar-refractivity contribution is 0.141. The third kappa shape index (κ3) is 3.22. The molecule has 0 fully saturated rings. The van der Waals surface area contributed by atoms with Gasteiger partial charge in [-0.05, 0) is 26.0 Å². The van der Waals surface area contributed by atoms with Crippen LogP contribution in [0.1, 0.15) is 13.8 Å². The van der Waals surface area contributed by atoms with Crippen molar-refractivity contribution in [2.75, 3.05) is 24.3 Å². The van der Waals surface area contributed by atoms with Crippen LogP contribution in [0.2, 0.25) is 0 Å². The molecule has 1 unspecified atom stereocenters. The van der Waals surface area contributed by atoms with Gasteiger partial charge < -0.3 is 15.8 Å². The molecule has 1 heterocycles. The highest BCUT2D eigenvalue weighted by Crippen LogP contribution is 2.14. The van der Waals surface area contributed by atoms with Crippen molar-refractivity contribution in [3.05, 3.63) is 18.3 Å².